The lowest BCUT2D eigenvalue weighted by Crippen LogP contribution is -1.90. The Kier molecular flexibility index (Phi) is 3.82. The van der Waals surface area contributed by atoms with Gasteiger partial charge in [-0.05, 0) is 29.5 Å². The summed E-state index contributed by atoms with van der Waals surface area (Å²) < 4.78 is 0. The molecule has 90 valence electrons. The van der Waals surface area contributed by atoms with Gasteiger partial charge < -0.3 is 11.1 Å². The molecule has 0 radical (unpaired) electrons. The zero-order valence-corrected chi connectivity index (χ0v) is 10.1. The van der Waals surface area contributed by atoms with Gasteiger partial charge in [0, 0.05) is 11.4 Å². The molecule has 2 nitrogen and oxygen atoms in total. The van der Waals surface area contributed by atoms with Crippen molar-refractivity contribution >= 4 is 23.5 Å². The Hall–Kier alpha value is -2.48. The van der Waals surface area contributed by atoms with E-state index < -0.39 is 0 Å². The number of hydrogen-bond acceptors (Lipinski definition) is 2. The van der Waals surface area contributed by atoms with Crippen LogP contribution in [0.1, 0.15) is 11.1 Å². The summed E-state index contributed by atoms with van der Waals surface area (Å²) in [5.74, 6) is 0. The molecule has 0 amide bonds. The largest absolute Gasteiger partial charge is 0.398 e. The standard InChI is InChI=1S/C16H16N2/c1-2-18-16-10-6-4-8-14(16)12-11-13-7-3-5-9-15(13)17/h2-12,18H,1,17H2/b12-11-. The third kappa shape index (κ3) is 2.80. The Labute approximate surface area is 107 Å². The molecule has 0 saturated carbocycles. The minimum absolute atomic E-state index is 0.780. The highest BCUT2D eigenvalue weighted by Crippen LogP contribution is 2.20. The molecular formula is C16H16N2. The first-order valence-electron chi connectivity index (χ1n) is 5.80. The third-order valence-corrected chi connectivity index (χ3v) is 2.66. The van der Waals surface area contributed by atoms with Gasteiger partial charge in [0.05, 0.1) is 0 Å². The quantitative estimate of drug-likeness (QED) is 0.622. The van der Waals surface area contributed by atoms with Crippen molar-refractivity contribution in [2.24, 2.45) is 0 Å². The molecule has 2 aromatic rings. The van der Waals surface area contributed by atoms with Crippen LogP contribution in [-0.4, -0.2) is 0 Å². The predicted octanol–water partition coefficient (Wildman–Crippen LogP) is 3.99. The van der Waals surface area contributed by atoms with Crippen molar-refractivity contribution in [1.29, 1.82) is 0 Å². The van der Waals surface area contributed by atoms with Crippen molar-refractivity contribution < 1.29 is 0 Å². The van der Waals surface area contributed by atoms with Gasteiger partial charge in [0.25, 0.3) is 0 Å². The van der Waals surface area contributed by atoms with Gasteiger partial charge in [0.2, 0.25) is 0 Å². The summed E-state index contributed by atoms with van der Waals surface area (Å²) in [6.45, 7) is 3.67. The summed E-state index contributed by atoms with van der Waals surface area (Å²) in [7, 11) is 0. The average molecular weight is 236 g/mol. The molecule has 0 saturated heterocycles. The van der Waals surface area contributed by atoms with E-state index in [9.17, 15) is 0 Å². The van der Waals surface area contributed by atoms with Crippen LogP contribution in [-0.2, 0) is 0 Å². The molecule has 0 aliphatic carbocycles. The summed E-state index contributed by atoms with van der Waals surface area (Å²) in [6, 6.07) is 15.8. The van der Waals surface area contributed by atoms with Crippen LogP contribution >= 0.6 is 0 Å². The monoisotopic (exact) mass is 236 g/mol. The van der Waals surface area contributed by atoms with Gasteiger partial charge in [-0.15, -0.1) is 0 Å². The molecule has 18 heavy (non-hydrogen) atoms. The zero-order chi connectivity index (χ0) is 12.8. The number of rotatable bonds is 4. The van der Waals surface area contributed by atoms with E-state index in [0.717, 1.165) is 22.5 Å². The van der Waals surface area contributed by atoms with Gasteiger partial charge >= 0.3 is 0 Å². The van der Waals surface area contributed by atoms with E-state index in [2.05, 4.69) is 11.9 Å². The molecule has 0 aliphatic rings. The lowest BCUT2D eigenvalue weighted by atomic mass is 10.1. The molecule has 0 unspecified atom stereocenters. The van der Waals surface area contributed by atoms with Gasteiger partial charge in [-0.3, -0.25) is 0 Å². The van der Waals surface area contributed by atoms with Gasteiger partial charge in [0.15, 0.2) is 0 Å². The first-order chi connectivity index (χ1) is 8.81. The summed E-state index contributed by atoms with van der Waals surface area (Å²) >= 11 is 0. The normalized spacial score (nSPS) is 10.4. The maximum absolute atomic E-state index is 5.90. The minimum atomic E-state index is 0.780. The SMILES string of the molecule is C=CNc1ccccc1/C=C\c1ccccc1N. The topological polar surface area (TPSA) is 38.0 Å². The van der Waals surface area contributed by atoms with E-state index in [1.807, 2.05) is 60.7 Å². The van der Waals surface area contributed by atoms with Crippen LogP contribution in [0.2, 0.25) is 0 Å². The Morgan fingerprint density at radius 1 is 0.889 bits per heavy atom. The summed E-state index contributed by atoms with van der Waals surface area (Å²) in [4.78, 5) is 0. The van der Waals surface area contributed by atoms with Crippen LogP contribution in [0, 0.1) is 0 Å². The van der Waals surface area contributed by atoms with Crippen LogP contribution in [0.5, 0.6) is 0 Å². The summed E-state index contributed by atoms with van der Waals surface area (Å²) in [5, 5.41) is 3.11. The zero-order valence-electron chi connectivity index (χ0n) is 10.1. The molecule has 0 aliphatic heterocycles. The Bertz CT molecular complexity index is 571. The molecule has 2 rings (SSSR count). The van der Waals surface area contributed by atoms with E-state index in [1.165, 1.54) is 0 Å². The van der Waals surface area contributed by atoms with E-state index in [0.29, 0.717) is 0 Å². The number of benzene rings is 2. The lowest BCUT2D eigenvalue weighted by molar-refractivity contribution is 1.56. The molecule has 0 fully saturated rings. The van der Waals surface area contributed by atoms with Crippen molar-refractivity contribution in [3.8, 4) is 0 Å². The van der Waals surface area contributed by atoms with E-state index in [1.54, 1.807) is 6.20 Å². The average Bonchev–Trinajstić information content (AvgIpc) is 2.40. The van der Waals surface area contributed by atoms with Gasteiger partial charge in [0.1, 0.15) is 0 Å². The fourth-order valence-electron chi connectivity index (χ4n) is 1.73. The van der Waals surface area contributed by atoms with Crippen molar-refractivity contribution in [3.05, 3.63) is 72.4 Å². The Morgan fingerprint density at radius 2 is 1.50 bits per heavy atom. The third-order valence-electron chi connectivity index (χ3n) is 2.66. The minimum Gasteiger partial charge on any atom is -0.398 e. The van der Waals surface area contributed by atoms with E-state index >= 15 is 0 Å². The van der Waals surface area contributed by atoms with Crippen molar-refractivity contribution in [2.45, 2.75) is 0 Å². The number of nitrogens with two attached hydrogens (primary N) is 1. The highest BCUT2D eigenvalue weighted by atomic mass is 14.8. The second kappa shape index (κ2) is 5.73. The van der Waals surface area contributed by atoms with Crippen molar-refractivity contribution in [1.82, 2.24) is 0 Å². The van der Waals surface area contributed by atoms with Crippen LogP contribution in [0.15, 0.2) is 61.3 Å². The highest BCUT2D eigenvalue weighted by Gasteiger charge is 1.96. The van der Waals surface area contributed by atoms with Crippen molar-refractivity contribution in [2.75, 3.05) is 11.1 Å². The molecule has 0 bridgehead atoms. The molecular weight excluding hydrogens is 220 g/mol. The Morgan fingerprint density at radius 3 is 2.22 bits per heavy atom. The first-order valence-corrected chi connectivity index (χ1v) is 5.80. The molecule has 0 heterocycles. The van der Waals surface area contributed by atoms with Gasteiger partial charge in [-0.1, -0.05) is 55.1 Å². The number of hydrogen-bond donors (Lipinski definition) is 2. The number of anilines is 2. The Balaban J connectivity index is 2.29. The fraction of sp³-hybridized carbons (Fsp3) is 0. The summed E-state index contributed by atoms with van der Waals surface area (Å²) in [6.07, 6.45) is 5.72. The maximum atomic E-state index is 5.90. The summed E-state index contributed by atoms with van der Waals surface area (Å²) in [5.41, 5.74) is 9.82. The lowest BCUT2D eigenvalue weighted by Gasteiger charge is -2.05. The van der Waals surface area contributed by atoms with E-state index in [4.69, 9.17) is 5.73 Å². The predicted molar refractivity (Wildman–Crippen MR) is 80.0 cm³/mol. The van der Waals surface area contributed by atoms with Gasteiger partial charge in [-0.2, -0.15) is 0 Å². The van der Waals surface area contributed by atoms with Crippen LogP contribution < -0.4 is 11.1 Å². The second-order valence-electron chi connectivity index (χ2n) is 3.90. The molecule has 2 heteroatoms. The van der Waals surface area contributed by atoms with Gasteiger partial charge in [-0.25, -0.2) is 0 Å². The van der Waals surface area contributed by atoms with Crippen molar-refractivity contribution in [3.63, 3.8) is 0 Å². The molecule has 3 N–H and O–H groups in total. The van der Waals surface area contributed by atoms with Crippen LogP contribution in [0.25, 0.3) is 12.2 Å². The first kappa shape index (κ1) is 12.0. The van der Waals surface area contributed by atoms with Crippen LogP contribution in [0.3, 0.4) is 0 Å². The second-order valence-corrected chi connectivity index (χ2v) is 3.90. The molecule has 0 aromatic heterocycles. The number of nitrogens with one attached hydrogen (secondary N) is 1. The van der Waals surface area contributed by atoms with Crippen LogP contribution in [0.4, 0.5) is 11.4 Å². The molecule has 2 aromatic carbocycles. The fourth-order valence-corrected chi connectivity index (χ4v) is 1.73. The smallest absolute Gasteiger partial charge is 0.0453 e. The highest BCUT2D eigenvalue weighted by molar-refractivity contribution is 5.80. The van der Waals surface area contributed by atoms with E-state index in [-0.39, 0.29) is 0 Å². The molecule has 0 spiro atoms. The number of para-hydroxylation sites is 2. The number of nitrogen functional groups attached to an aromatic ring is 1. The maximum Gasteiger partial charge on any atom is 0.0453 e. The molecule has 0 atom stereocenters.